The summed E-state index contributed by atoms with van der Waals surface area (Å²) >= 11 is 0. The number of carbonyl (C=O) groups is 1. The van der Waals surface area contributed by atoms with E-state index in [1.807, 2.05) is 14.0 Å². The van der Waals surface area contributed by atoms with Crippen LogP contribution in [0.5, 0.6) is 0 Å². The van der Waals surface area contributed by atoms with Crippen LogP contribution in [0.2, 0.25) is 0 Å². The topological polar surface area (TPSA) is 71.3 Å². The fourth-order valence-electron chi connectivity index (χ4n) is 2.38. The first-order valence-corrected chi connectivity index (χ1v) is 6.63. The molecule has 5 nitrogen and oxygen atoms in total. The van der Waals surface area contributed by atoms with Gasteiger partial charge in [0.15, 0.2) is 5.43 Å². The summed E-state index contributed by atoms with van der Waals surface area (Å²) in [5, 5.41) is 12.3. The average Bonchev–Trinajstić information content (AvgIpc) is 2.36. The molecule has 1 aliphatic rings. The van der Waals surface area contributed by atoms with Crippen molar-refractivity contribution in [3.8, 4) is 0 Å². The zero-order valence-corrected chi connectivity index (χ0v) is 11.3. The highest BCUT2D eigenvalue weighted by molar-refractivity contribution is 5.94. The van der Waals surface area contributed by atoms with E-state index in [0.29, 0.717) is 12.8 Å². The SMILES string of the molecule is Cc1cc(=O)c(C(=O)NC2CCC(O)CC2)cn1C. The van der Waals surface area contributed by atoms with Gasteiger partial charge in [0, 0.05) is 31.0 Å². The third-order valence-electron chi connectivity index (χ3n) is 3.76. The van der Waals surface area contributed by atoms with Crippen molar-refractivity contribution in [2.75, 3.05) is 0 Å². The molecule has 0 bridgehead atoms. The minimum absolute atomic E-state index is 0.0573. The summed E-state index contributed by atoms with van der Waals surface area (Å²) in [6.07, 6.45) is 4.26. The van der Waals surface area contributed by atoms with Crippen LogP contribution in [0.15, 0.2) is 17.1 Å². The molecule has 0 unspecified atom stereocenters. The Balaban J connectivity index is 2.08. The van der Waals surface area contributed by atoms with Crippen LogP contribution in [0.4, 0.5) is 0 Å². The third kappa shape index (κ3) is 3.23. The monoisotopic (exact) mass is 264 g/mol. The first-order valence-electron chi connectivity index (χ1n) is 6.63. The van der Waals surface area contributed by atoms with Gasteiger partial charge in [-0.05, 0) is 32.6 Å². The molecule has 0 radical (unpaired) electrons. The molecule has 1 fully saturated rings. The van der Waals surface area contributed by atoms with Crippen molar-refractivity contribution < 1.29 is 9.90 Å². The summed E-state index contributed by atoms with van der Waals surface area (Å²) in [6.45, 7) is 1.83. The molecule has 19 heavy (non-hydrogen) atoms. The quantitative estimate of drug-likeness (QED) is 0.827. The number of aromatic nitrogens is 1. The first-order chi connectivity index (χ1) is 8.97. The van der Waals surface area contributed by atoms with Gasteiger partial charge in [0.25, 0.3) is 5.91 Å². The minimum Gasteiger partial charge on any atom is -0.393 e. The number of nitrogens with zero attached hydrogens (tertiary/aromatic N) is 1. The number of hydrogen-bond donors (Lipinski definition) is 2. The lowest BCUT2D eigenvalue weighted by atomic mass is 9.93. The van der Waals surface area contributed by atoms with E-state index in [4.69, 9.17) is 0 Å². The largest absolute Gasteiger partial charge is 0.393 e. The summed E-state index contributed by atoms with van der Waals surface area (Å²) in [5.41, 5.74) is 0.755. The van der Waals surface area contributed by atoms with Crippen LogP contribution >= 0.6 is 0 Å². The number of rotatable bonds is 2. The van der Waals surface area contributed by atoms with Crippen molar-refractivity contribution in [1.82, 2.24) is 9.88 Å². The van der Waals surface area contributed by atoms with Gasteiger partial charge in [0.2, 0.25) is 0 Å². The van der Waals surface area contributed by atoms with Gasteiger partial charge in [-0.15, -0.1) is 0 Å². The molecule has 5 heteroatoms. The van der Waals surface area contributed by atoms with Gasteiger partial charge in [-0.3, -0.25) is 9.59 Å². The Kier molecular flexibility index (Phi) is 4.04. The smallest absolute Gasteiger partial charge is 0.256 e. The molecule has 1 aromatic rings. The fourth-order valence-corrected chi connectivity index (χ4v) is 2.38. The Morgan fingerprint density at radius 1 is 1.37 bits per heavy atom. The molecule has 104 valence electrons. The number of aliphatic hydroxyl groups is 1. The molecule has 1 aromatic heterocycles. The van der Waals surface area contributed by atoms with E-state index in [2.05, 4.69) is 5.32 Å². The molecule has 1 saturated carbocycles. The van der Waals surface area contributed by atoms with Gasteiger partial charge in [-0.1, -0.05) is 0 Å². The summed E-state index contributed by atoms with van der Waals surface area (Å²) in [6, 6.07) is 1.53. The van der Waals surface area contributed by atoms with Gasteiger partial charge in [-0.25, -0.2) is 0 Å². The molecular formula is C14H20N2O3. The van der Waals surface area contributed by atoms with Crippen molar-refractivity contribution >= 4 is 5.91 Å². The highest BCUT2D eigenvalue weighted by Crippen LogP contribution is 2.18. The standard InChI is InChI=1S/C14H20N2O3/c1-9-7-13(18)12(8-16(9)2)14(19)15-10-3-5-11(17)6-4-10/h7-8,10-11,17H,3-6H2,1-2H3,(H,15,19). The van der Waals surface area contributed by atoms with Crippen LogP contribution in [0.25, 0.3) is 0 Å². The summed E-state index contributed by atoms with van der Waals surface area (Å²) in [7, 11) is 1.81. The van der Waals surface area contributed by atoms with Crippen molar-refractivity contribution in [3.63, 3.8) is 0 Å². The number of aliphatic hydroxyl groups excluding tert-OH is 1. The van der Waals surface area contributed by atoms with Crippen LogP contribution in [-0.2, 0) is 7.05 Å². The van der Waals surface area contributed by atoms with Crippen LogP contribution in [-0.4, -0.2) is 27.7 Å². The van der Waals surface area contributed by atoms with E-state index in [0.717, 1.165) is 18.5 Å². The second-order valence-corrected chi connectivity index (χ2v) is 5.28. The van der Waals surface area contributed by atoms with E-state index in [9.17, 15) is 14.7 Å². The zero-order valence-electron chi connectivity index (χ0n) is 11.3. The number of aryl methyl sites for hydroxylation is 2. The second kappa shape index (κ2) is 5.57. The number of hydrogen-bond acceptors (Lipinski definition) is 3. The number of pyridine rings is 1. The number of nitrogens with one attached hydrogen (secondary N) is 1. The molecule has 0 aliphatic heterocycles. The zero-order chi connectivity index (χ0) is 14.0. The molecule has 0 aromatic carbocycles. The highest BCUT2D eigenvalue weighted by atomic mass is 16.3. The van der Waals surface area contributed by atoms with Crippen molar-refractivity contribution in [2.45, 2.75) is 44.8 Å². The molecule has 1 heterocycles. The molecule has 1 aliphatic carbocycles. The fraction of sp³-hybridized carbons (Fsp3) is 0.571. The van der Waals surface area contributed by atoms with Gasteiger partial charge in [0.1, 0.15) is 5.56 Å². The second-order valence-electron chi connectivity index (χ2n) is 5.28. The Morgan fingerprint density at radius 2 is 2.00 bits per heavy atom. The molecule has 2 rings (SSSR count). The molecule has 0 saturated heterocycles. The van der Waals surface area contributed by atoms with Gasteiger partial charge in [0.05, 0.1) is 6.10 Å². The third-order valence-corrected chi connectivity index (χ3v) is 3.76. The van der Waals surface area contributed by atoms with E-state index in [-0.39, 0.29) is 29.0 Å². The van der Waals surface area contributed by atoms with Gasteiger partial charge in [-0.2, -0.15) is 0 Å². The van der Waals surface area contributed by atoms with Crippen LogP contribution in [0.3, 0.4) is 0 Å². The van der Waals surface area contributed by atoms with Gasteiger partial charge < -0.3 is 15.0 Å². The van der Waals surface area contributed by atoms with Gasteiger partial charge >= 0.3 is 0 Å². The summed E-state index contributed by atoms with van der Waals surface area (Å²) in [4.78, 5) is 23.9. The molecule has 1 amide bonds. The Hall–Kier alpha value is -1.62. The van der Waals surface area contributed by atoms with E-state index in [1.165, 1.54) is 6.07 Å². The normalized spacial score (nSPS) is 23.1. The van der Waals surface area contributed by atoms with Crippen LogP contribution < -0.4 is 10.7 Å². The van der Waals surface area contributed by atoms with E-state index in [1.54, 1.807) is 10.8 Å². The number of amides is 1. The molecular weight excluding hydrogens is 244 g/mol. The Bertz CT molecular complexity index is 528. The first kappa shape index (κ1) is 13.8. The van der Waals surface area contributed by atoms with Crippen molar-refractivity contribution in [2.24, 2.45) is 7.05 Å². The highest BCUT2D eigenvalue weighted by Gasteiger charge is 2.22. The molecule has 0 atom stereocenters. The van der Waals surface area contributed by atoms with E-state index >= 15 is 0 Å². The van der Waals surface area contributed by atoms with Crippen molar-refractivity contribution in [1.29, 1.82) is 0 Å². The van der Waals surface area contributed by atoms with Crippen LogP contribution in [0.1, 0.15) is 41.7 Å². The lowest BCUT2D eigenvalue weighted by molar-refractivity contribution is 0.0866. The lowest BCUT2D eigenvalue weighted by Crippen LogP contribution is -2.40. The maximum atomic E-state index is 12.1. The van der Waals surface area contributed by atoms with Crippen molar-refractivity contribution in [3.05, 3.63) is 33.7 Å². The Labute approximate surface area is 112 Å². The maximum Gasteiger partial charge on any atom is 0.256 e. The lowest BCUT2D eigenvalue weighted by Gasteiger charge is -2.26. The Morgan fingerprint density at radius 3 is 2.63 bits per heavy atom. The maximum absolute atomic E-state index is 12.1. The summed E-state index contributed by atoms with van der Waals surface area (Å²) in [5.74, 6) is -0.318. The summed E-state index contributed by atoms with van der Waals surface area (Å²) < 4.78 is 1.76. The molecule has 0 spiro atoms. The molecule has 2 N–H and O–H groups in total. The predicted octanol–water partition coefficient (Wildman–Crippen LogP) is 0.727. The van der Waals surface area contributed by atoms with E-state index < -0.39 is 0 Å². The average molecular weight is 264 g/mol. The van der Waals surface area contributed by atoms with Crippen LogP contribution in [0, 0.1) is 6.92 Å². The number of carbonyl (C=O) groups excluding carboxylic acids is 1. The predicted molar refractivity (Wildman–Crippen MR) is 72.1 cm³/mol. The minimum atomic E-state index is -0.318.